The third-order valence-electron chi connectivity index (χ3n) is 7.38. The van der Waals surface area contributed by atoms with E-state index in [0.29, 0.717) is 25.1 Å². The smallest absolute Gasteiger partial charge is 0.253 e. The molecule has 4 rings (SSSR count). The van der Waals surface area contributed by atoms with E-state index in [0.717, 1.165) is 32.1 Å². The molecule has 1 aliphatic rings. The summed E-state index contributed by atoms with van der Waals surface area (Å²) in [6.07, 6.45) is 8.83. The molecule has 0 aliphatic heterocycles. The van der Waals surface area contributed by atoms with Gasteiger partial charge in [-0.05, 0) is 72.9 Å². The highest BCUT2D eigenvalue weighted by molar-refractivity contribution is 5.94. The van der Waals surface area contributed by atoms with Crippen molar-refractivity contribution in [1.82, 2.24) is 10.2 Å². The zero-order valence-corrected chi connectivity index (χ0v) is 22.1. The molecule has 3 aromatic carbocycles. The summed E-state index contributed by atoms with van der Waals surface area (Å²) in [4.78, 5) is 28.3. The monoisotopic (exact) mass is 496 g/mol. The minimum atomic E-state index is -0.00755. The topological polar surface area (TPSA) is 49.4 Å². The van der Waals surface area contributed by atoms with Gasteiger partial charge < -0.3 is 10.2 Å². The van der Waals surface area contributed by atoms with Gasteiger partial charge in [-0.1, -0.05) is 86.5 Å². The molecule has 0 radical (unpaired) electrons. The van der Waals surface area contributed by atoms with Gasteiger partial charge in [-0.25, -0.2) is 0 Å². The van der Waals surface area contributed by atoms with Crippen molar-refractivity contribution in [2.75, 3.05) is 13.1 Å². The number of benzene rings is 3. The molecular formula is C33H40N2O2. The molecule has 0 bridgehead atoms. The zero-order valence-electron chi connectivity index (χ0n) is 22.1. The lowest BCUT2D eigenvalue weighted by atomic mass is 9.87. The van der Waals surface area contributed by atoms with Gasteiger partial charge in [0.25, 0.3) is 5.91 Å². The molecule has 1 atom stereocenters. The van der Waals surface area contributed by atoms with Crippen LogP contribution in [0.15, 0.2) is 78.9 Å². The first-order chi connectivity index (χ1) is 18.1. The number of carbonyl (C=O) groups is 2. The van der Waals surface area contributed by atoms with E-state index in [1.54, 1.807) is 0 Å². The highest BCUT2D eigenvalue weighted by Crippen LogP contribution is 2.29. The molecule has 1 aliphatic carbocycles. The molecule has 0 spiro atoms. The van der Waals surface area contributed by atoms with Crippen LogP contribution in [0.3, 0.4) is 0 Å². The van der Waals surface area contributed by atoms with Crippen LogP contribution in [0.1, 0.15) is 84.1 Å². The fourth-order valence-electron chi connectivity index (χ4n) is 5.21. The van der Waals surface area contributed by atoms with Gasteiger partial charge in [-0.15, -0.1) is 0 Å². The van der Waals surface area contributed by atoms with Crippen LogP contribution in [0.5, 0.6) is 0 Å². The van der Waals surface area contributed by atoms with Gasteiger partial charge in [0.05, 0.1) is 6.04 Å². The molecule has 37 heavy (non-hydrogen) atoms. The Labute approximate surface area is 222 Å². The number of carbonyl (C=O) groups excluding carboxylic acids is 2. The standard InChI is InChI=1S/C33H40N2O2/c1-2-3-5-11-27-18-20-29(21-19-27)33(37)35(24-22-26-12-6-4-7-13-26)25-23-32(36)34-31-17-10-15-28-14-8-9-16-30(28)31/h4,6-9,12-14,16,18-21,31H,2-3,5,10-11,15,17,22-25H2,1H3,(H,34,36). The fourth-order valence-corrected chi connectivity index (χ4v) is 5.21. The van der Waals surface area contributed by atoms with Crippen molar-refractivity contribution < 1.29 is 9.59 Å². The van der Waals surface area contributed by atoms with Crippen LogP contribution in [-0.2, 0) is 24.1 Å². The molecule has 0 fully saturated rings. The van der Waals surface area contributed by atoms with E-state index in [1.807, 2.05) is 41.3 Å². The average Bonchev–Trinajstić information content (AvgIpc) is 2.94. The molecule has 4 heteroatoms. The molecule has 3 aromatic rings. The first-order valence-electron chi connectivity index (χ1n) is 13.9. The number of fused-ring (bicyclic) bond motifs is 1. The quantitative estimate of drug-likeness (QED) is 0.284. The highest BCUT2D eigenvalue weighted by Gasteiger charge is 2.22. The second-order valence-electron chi connectivity index (χ2n) is 10.1. The van der Waals surface area contributed by atoms with Crippen molar-refractivity contribution in [2.45, 2.75) is 70.8 Å². The van der Waals surface area contributed by atoms with E-state index in [1.165, 1.54) is 41.5 Å². The third kappa shape index (κ3) is 7.79. The van der Waals surface area contributed by atoms with Crippen LogP contribution in [0, 0.1) is 0 Å². The molecule has 0 aromatic heterocycles. The Morgan fingerprint density at radius 3 is 2.35 bits per heavy atom. The van der Waals surface area contributed by atoms with E-state index < -0.39 is 0 Å². The van der Waals surface area contributed by atoms with Crippen LogP contribution in [0.4, 0.5) is 0 Å². The highest BCUT2D eigenvalue weighted by atomic mass is 16.2. The first kappa shape index (κ1) is 26.7. The van der Waals surface area contributed by atoms with Gasteiger partial charge in [0.2, 0.25) is 5.91 Å². The normalized spacial score (nSPS) is 14.6. The maximum atomic E-state index is 13.5. The van der Waals surface area contributed by atoms with Gasteiger partial charge >= 0.3 is 0 Å². The number of nitrogens with zero attached hydrogens (tertiary/aromatic N) is 1. The Kier molecular flexibility index (Phi) is 9.93. The molecule has 1 unspecified atom stereocenters. The predicted molar refractivity (Wildman–Crippen MR) is 151 cm³/mol. The summed E-state index contributed by atoms with van der Waals surface area (Å²) in [5.41, 5.74) is 5.71. The van der Waals surface area contributed by atoms with E-state index in [9.17, 15) is 9.59 Å². The predicted octanol–water partition coefficient (Wildman–Crippen LogP) is 6.69. The largest absolute Gasteiger partial charge is 0.349 e. The summed E-state index contributed by atoms with van der Waals surface area (Å²) in [7, 11) is 0. The van der Waals surface area contributed by atoms with Gasteiger partial charge in [-0.3, -0.25) is 9.59 Å². The Morgan fingerprint density at radius 2 is 1.57 bits per heavy atom. The van der Waals surface area contributed by atoms with Crippen molar-refractivity contribution in [2.24, 2.45) is 0 Å². The number of unbranched alkanes of at least 4 members (excludes halogenated alkanes) is 2. The summed E-state index contributed by atoms with van der Waals surface area (Å²) >= 11 is 0. The van der Waals surface area contributed by atoms with Gasteiger partial charge in [0.15, 0.2) is 0 Å². The Morgan fingerprint density at radius 1 is 0.838 bits per heavy atom. The van der Waals surface area contributed by atoms with Crippen molar-refractivity contribution in [3.8, 4) is 0 Å². The van der Waals surface area contributed by atoms with Crippen LogP contribution < -0.4 is 5.32 Å². The summed E-state index contributed by atoms with van der Waals surface area (Å²) in [5.74, 6) is -0.00247. The molecule has 4 nitrogen and oxygen atoms in total. The number of hydrogen-bond donors (Lipinski definition) is 1. The summed E-state index contributed by atoms with van der Waals surface area (Å²) < 4.78 is 0. The van der Waals surface area contributed by atoms with Crippen molar-refractivity contribution >= 4 is 11.8 Å². The molecular weight excluding hydrogens is 456 g/mol. The van der Waals surface area contributed by atoms with Crippen LogP contribution in [0.25, 0.3) is 0 Å². The second kappa shape index (κ2) is 13.8. The average molecular weight is 497 g/mol. The third-order valence-corrected chi connectivity index (χ3v) is 7.38. The molecule has 2 amide bonds. The first-order valence-corrected chi connectivity index (χ1v) is 13.9. The summed E-state index contributed by atoms with van der Waals surface area (Å²) in [6, 6.07) is 26.7. The second-order valence-corrected chi connectivity index (χ2v) is 10.1. The van der Waals surface area contributed by atoms with Gasteiger partial charge in [0, 0.05) is 25.1 Å². The number of nitrogens with one attached hydrogen (secondary N) is 1. The maximum absolute atomic E-state index is 13.5. The van der Waals surface area contributed by atoms with Crippen LogP contribution in [0.2, 0.25) is 0 Å². The van der Waals surface area contributed by atoms with Crippen molar-refractivity contribution in [3.63, 3.8) is 0 Å². The minimum Gasteiger partial charge on any atom is -0.349 e. The SMILES string of the molecule is CCCCCc1ccc(C(=O)N(CCC(=O)NC2CCCc3ccccc32)CCc2ccccc2)cc1. The van der Waals surface area contributed by atoms with E-state index >= 15 is 0 Å². The van der Waals surface area contributed by atoms with Crippen molar-refractivity contribution in [3.05, 3.63) is 107 Å². The van der Waals surface area contributed by atoms with Gasteiger partial charge in [-0.2, -0.15) is 0 Å². The Hall–Kier alpha value is -3.40. The zero-order chi connectivity index (χ0) is 25.9. The number of aryl methyl sites for hydroxylation is 2. The fraction of sp³-hybridized carbons (Fsp3) is 0.394. The lowest BCUT2D eigenvalue weighted by Gasteiger charge is -2.27. The van der Waals surface area contributed by atoms with Crippen LogP contribution in [-0.4, -0.2) is 29.8 Å². The summed E-state index contributed by atoms with van der Waals surface area (Å²) in [5, 5.41) is 3.24. The minimum absolute atomic E-state index is 0.00508. The molecule has 194 valence electrons. The van der Waals surface area contributed by atoms with E-state index in [-0.39, 0.29) is 17.9 Å². The van der Waals surface area contributed by atoms with Crippen LogP contribution >= 0.6 is 0 Å². The van der Waals surface area contributed by atoms with Gasteiger partial charge in [0.1, 0.15) is 0 Å². The van der Waals surface area contributed by atoms with Crippen molar-refractivity contribution in [1.29, 1.82) is 0 Å². The lowest BCUT2D eigenvalue weighted by Crippen LogP contribution is -2.38. The summed E-state index contributed by atoms with van der Waals surface area (Å²) in [6.45, 7) is 3.20. The molecule has 0 saturated carbocycles. The van der Waals surface area contributed by atoms with E-state index in [2.05, 4.69) is 54.7 Å². The number of hydrogen-bond acceptors (Lipinski definition) is 2. The van der Waals surface area contributed by atoms with E-state index in [4.69, 9.17) is 0 Å². The molecule has 1 N–H and O–H groups in total. The maximum Gasteiger partial charge on any atom is 0.253 e. The molecule has 0 saturated heterocycles. The lowest BCUT2D eigenvalue weighted by molar-refractivity contribution is -0.122. The molecule has 0 heterocycles. The Balaban J connectivity index is 1.39. The number of rotatable bonds is 12. The Bertz CT molecular complexity index is 1140. The number of amides is 2.